The van der Waals surface area contributed by atoms with Crippen molar-refractivity contribution in [1.29, 1.82) is 0 Å². The Morgan fingerprint density at radius 3 is 2.88 bits per heavy atom. The zero-order chi connectivity index (χ0) is 12.6. The lowest BCUT2D eigenvalue weighted by Crippen LogP contribution is -2.63. The summed E-state index contributed by atoms with van der Waals surface area (Å²) in [6.45, 7) is 4.56. The molecule has 17 heavy (non-hydrogen) atoms. The van der Waals surface area contributed by atoms with Crippen molar-refractivity contribution in [2.45, 2.75) is 24.3 Å². The van der Waals surface area contributed by atoms with E-state index in [4.69, 9.17) is 0 Å². The van der Waals surface area contributed by atoms with Gasteiger partial charge in [0.1, 0.15) is 5.54 Å². The van der Waals surface area contributed by atoms with Crippen LogP contribution in [0.25, 0.3) is 0 Å². The van der Waals surface area contributed by atoms with Crippen molar-refractivity contribution in [1.82, 2.24) is 10.2 Å². The van der Waals surface area contributed by atoms with Gasteiger partial charge in [0.05, 0.1) is 4.88 Å². The SMILES string of the molecule is CC1(C)C(=O)NCCN1C(=O)c1cc(S)cs1. The smallest absolute Gasteiger partial charge is 0.264 e. The Balaban J connectivity index is 2.27. The number of piperazine rings is 1. The molecule has 6 heteroatoms. The highest BCUT2D eigenvalue weighted by atomic mass is 32.1. The molecule has 0 spiro atoms. The van der Waals surface area contributed by atoms with Gasteiger partial charge in [-0.3, -0.25) is 9.59 Å². The third kappa shape index (κ3) is 2.19. The third-order valence-electron chi connectivity index (χ3n) is 2.89. The van der Waals surface area contributed by atoms with E-state index in [1.165, 1.54) is 11.3 Å². The molecule has 1 aliphatic heterocycles. The topological polar surface area (TPSA) is 49.4 Å². The molecular weight excluding hydrogens is 256 g/mol. The first kappa shape index (κ1) is 12.4. The number of nitrogens with one attached hydrogen (secondary N) is 1. The quantitative estimate of drug-likeness (QED) is 0.758. The van der Waals surface area contributed by atoms with Crippen LogP contribution < -0.4 is 5.32 Å². The van der Waals surface area contributed by atoms with Crippen molar-refractivity contribution in [3.63, 3.8) is 0 Å². The van der Waals surface area contributed by atoms with E-state index in [2.05, 4.69) is 17.9 Å². The number of nitrogens with zero attached hydrogens (tertiary/aromatic N) is 1. The average molecular weight is 270 g/mol. The van der Waals surface area contributed by atoms with Gasteiger partial charge in [-0.1, -0.05) is 0 Å². The molecule has 0 atom stereocenters. The van der Waals surface area contributed by atoms with E-state index >= 15 is 0 Å². The number of hydrogen-bond acceptors (Lipinski definition) is 4. The van der Waals surface area contributed by atoms with Crippen LogP contribution >= 0.6 is 24.0 Å². The number of hydrogen-bond donors (Lipinski definition) is 2. The van der Waals surface area contributed by atoms with Crippen molar-refractivity contribution in [2.24, 2.45) is 0 Å². The fourth-order valence-corrected chi connectivity index (χ4v) is 2.92. The van der Waals surface area contributed by atoms with Gasteiger partial charge in [-0.15, -0.1) is 24.0 Å². The average Bonchev–Trinajstić information content (AvgIpc) is 2.68. The van der Waals surface area contributed by atoms with Crippen molar-refractivity contribution >= 4 is 35.8 Å². The zero-order valence-corrected chi connectivity index (χ0v) is 11.4. The summed E-state index contributed by atoms with van der Waals surface area (Å²) in [5.74, 6) is -0.213. The minimum absolute atomic E-state index is 0.102. The Hall–Kier alpha value is -1.01. The molecule has 0 unspecified atom stereocenters. The minimum atomic E-state index is -0.796. The van der Waals surface area contributed by atoms with Crippen LogP contribution in [0.1, 0.15) is 23.5 Å². The lowest BCUT2D eigenvalue weighted by molar-refractivity contribution is -0.133. The van der Waals surface area contributed by atoms with E-state index in [0.29, 0.717) is 18.0 Å². The highest BCUT2D eigenvalue weighted by Crippen LogP contribution is 2.24. The molecule has 2 heterocycles. The number of carbonyl (C=O) groups is 2. The van der Waals surface area contributed by atoms with Crippen LogP contribution in [-0.2, 0) is 4.79 Å². The number of thiophene rings is 1. The highest BCUT2D eigenvalue weighted by molar-refractivity contribution is 7.80. The first-order valence-electron chi connectivity index (χ1n) is 5.30. The molecule has 1 N–H and O–H groups in total. The van der Waals surface area contributed by atoms with Crippen LogP contribution in [0.15, 0.2) is 16.3 Å². The maximum atomic E-state index is 12.3. The molecule has 1 aromatic rings. The van der Waals surface area contributed by atoms with Crippen LogP contribution in [0.5, 0.6) is 0 Å². The van der Waals surface area contributed by atoms with Crippen molar-refractivity contribution in [3.8, 4) is 0 Å². The number of amides is 2. The Bertz CT molecular complexity index is 468. The van der Waals surface area contributed by atoms with Crippen molar-refractivity contribution < 1.29 is 9.59 Å². The fourth-order valence-electron chi connectivity index (χ4n) is 1.83. The zero-order valence-electron chi connectivity index (χ0n) is 9.69. The summed E-state index contributed by atoms with van der Waals surface area (Å²) in [6, 6.07) is 1.73. The maximum Gasteiger partial charge on any atom is 0.264 e. The molecule has 1 fully saturated rings. The lowest BCUT2D eigenvalue weighted by Gasteiger charge is -2.40. The van der Waals surface area contributed by atoms with E-state index in [9.17, 15) is 9.59 Å². The molecule has 0 aliphatic carbocycles. The molecule has 0 bridgehead atoms. The monoisotopic (exact) mass is 270 g/mol. The van der Waals surface area contributed by atoms with Gasteiger partial charge in [0.2, 0.25) is 5.91 Å². The van der Waals surface area contributed by atoms with Gasteiger partial charge < -0.3 is 10.2 Å². The van der Waals surface area contributed by atoms with Crippen LogP contribution in [-0.4, -0.2) is 35.3 Å². The van der Waals surface area contributed by atoms with Crippen LogP contribution in [0.3, 0.4) is 0 Å². The van der Waals surface area contributed by atoms with Gasteiger partial charge in [0, 0.05) is 23.4 Å². The molecular formula is C11H14N2O2S2. The Morgan fingerprint density at radius 2 is 2.29 bits per heavy atom. The first-order valence-corrected chi connectivity index (χ1v) is 6.63. The van der Waals surface area contributed by atoms with Crippen LogP contribution in [0.4, 0.5) is 0 Å². The van der Waals surface area contributed by atoms with Gasteiger partial charge in [-0.05, 0) is 19.9 Å². The minimum Gasteiger partial charge on any atom is -0.352 e. The largest absolute Gasteiger partial charge is 0.352 e. The number of thiol groups is 1. The molecule has 92 valence electrons. The molecule has 1 aromatic heterocycles. The Labute approximate surface area is 109 Å². The Kier molecular flexibility index (Phi) is 3.18. The Morgan fingerprint density at radius 1 is 1.59 bits per heavy atom. The van der Waals surface area contributed by atoms with Crippen molar-refractivity contribution in [2.75, 3.05) is 13.1 Å². The fraction of sp³-hybridized carbons (Fsp3) is 0.455. The second-order valence-corrected chi connectivity index (χ2v) is 5.87. The highest BCUT2D eigenvalue weighted by Gasteiger charge is 2.40. The summed E-state index contributed by atoms with van der Waals surface area (Å²) >= 11 is 5.54. The predicted octanol–water partition coefficient (Wildman–Crippen LogP) is 1.39. The summed E-state index contributed by atoms with van der Waals surface area (Å²) in [4.78, 5) is 27.1. The summed E-state index contributed by atoms with van der Waals surface area (Å²) in [5.41, 5.74) is -0.796. The summed E-state index contributed by atoms with van der Waals surface area (Å²) in [6.07, 6.45) is 0. The van der Waals surface area contributed by atoms with Gasteiger partial charge in [0.25, 0.3) is 5.91 Å². The van der Waals surface area contributed by atoms with Gasteiger partial charge in [0.15, 0.2) is 0 Å². The van der Waals surface area contributed by atoms with E-state index in [1.807, 2.05) is 5.38 Å². The first-order chi connectivity index (χ1) is 7.93. The molecule has 0 radical (unpaired) electrons. The molecule has 4 nitrogen and oxygen atoms in total. The predicted molar refractivity (Wildman–Crippen MR) is 69.7 cm³/mol. The number of carbonyl (C=O) groups excluding carboxylic acids is 2. The molecule has 2 amide bonds. The van der Waals surface area contributed by atoms with E-state index < -0.39 is 5.54 Å². The number of rotatable bonds is 1. The normalized spacial score (nSPS) is 19.0. The second-order valence-electron chi connectivity index (χ2n) is 4.44. The van der Waals surface area contributed by atoms with E-state index in [-0.39, 0.29) is 11.8 Å². The molecule has 2 rings (SSSR count). The standard InChI is InChI=1S/C11H14N2O2S2/c1-11(2)10(15)12-3-4-13(11)9(14)8-5-7(16)6-17-8/h5-6,16H,3-4H2,1-2H3,(H,12,15). The summed E-state index contributed by atoms with van der Waals surface area (Å²) < 4.78 is 0. The van der Waals surface area contributed by atoms with E-state index in [1.54, 1.807) is 24.8 Å². The third-order valence-corrected chi connectivity index (χ3v) is 4.24. The van der Waals surface area contributed by atoms with Gasteiger partial charge in [-0.2, -0.15) is 0 Å². The van der Waals surface area contributed by atoms with Crippen LogP contribution in [0, 0.1) is 0 Å². The molecule has 0 aromatic carbocycles. The van der Waals surface area contributed by atoms with Crippen molar-refractivity contribution in [3.05, 3.63) is 16.3 Å². The van der Waals surface area contributed by atoms with Gasteiger partial charge >= 0.3 is 0 Å². The maximum absolute atomic E-state index is 12.3. The van der Waals surface area contributed by atoms with Crippen LogP contribution in [0.2, 0.25) is 0 Å². The lowest BCUT2D eigenvalue weighted by atomic mass is 9.98. The molecule has 1 saturated heterocycles. The van der Waals surface area contributed by atoms with E-state index in [0.717, 1.165) is 4.90 Å². The molecule has 1 aliphatic rings. The summed E-state index contributed by atoms with van der Waals surface area (Å²) in [7, 11) is 0. The summed E-state index contributed by atoms with van der Waals surface area (Å²) in [5, 5.41) is 4.58. The molecule has 0 saturated carbocycles. The van der Waals surface area contributed by atoms with Gasteiger partial charge in [-0.25, -0.2) is 0 Å². The second kappa shape index (κ2) is 4.34.